The van der Waals surface area contributed by atoms with Crippen molar-refractivity contribution in [3.63, 3.8) is 0 Å². The molecule has 0 saturated carbocycles. The first-order valence-electron chi connectivity index (χ1n) is 7.08. The summed E-state index contributed by atoms with van der Waals surface area (Å²) in [5.74, 6) is -0.0149. The number of nitrogens with one attached hydrogen (secondary N) is 1. The van der Waals surface area contributed by atoms with Gasteiger partial charge in [0, 0.05) is 23.3 Å². The molecule has 7 heteroatoms. The highest BCUT2D eigenvalue weighted by atomic mass is 35.5. The molecule has 1 N–H and O–H groups in total. The average molecular weight is 353 g/mol. The van der Waals surface area contributed by atoms with E-state index in [4.69, 9.17) is 32.7 Å². The molecular weight excluding hydrogens is 339 g/mol. The highest BCUT2D eigenvalue weighted by molar-refractivity contribution is 6.32. The molecule has 1 aromatic heterocycles. The number of amides is 1. The number of halogens is 2. The van der Waals surface area contributed by atoms with Gasteiger partial charge in [-0.1, -0.05) is 29.3 Å². The first-order valence-corrected chi connectivity index (χ1v) is 7.84. The Balaban J connectivity index is 1.70. The van der Waals surface area contributed by atoms with Crippen molar-refractivity contribution in [3.05, 3.63) is 52.1 Å². The van der Waals surface area contributed by atoms with E-state index in [0.29, 0.717) is 35.4 Å². The Morgan fingerprint density at radius 2 is 2.22 bits per heavy atom. The van der Waals surface area contributed by atoms with Gasteiger partial charge in [0.05, 0.1) is 18.8 Å². The number of carbonyl (C=O) groups is 1. The van der Waals surface area contributed by atoms with Crippen LogP contribution in [-0.4, -0.2) is 30.2 Å². The average Bonchev–Trinajstić information content (AvgIpc) is 3.02. The number of hydrogen-bond donors (Lipinski definition) is 1. The lowest BCUT2D eigenvalue weighted by molar-refractivity contribution is 0.102. The van der Waals surface area contributed by atoms with Crippen molar-refractivity contribution in [1.29, 1.82) is 0 Å². The fourth-order valence-corrected chi connectivity index (χ4v) is 2.57. The molecule has 2 aromatic rings. The van der Waals surface area contributed by atoms with Crippen LogP contribution in [0.15, 0.2) is 36.5 Å². The van der Waals surface area contributed by atoms with Crippen LogP contribution < -0.4 is 10.1 Å². The van der Waals surface area contributed by atoms with E-state index in [2.05, 4.69) is 10.3 Å². The molecule has 3 rings (SSSR count). The Hall–Kier alpha value is -1.82. The summed E-state index contributed by atoms with van der Waals surface area (Å²) in [7, 11) is 0. The van der Waals surface area contributed by atoms with E-state index in [9.17, 15) is 4.79 Å². The van der Waals surface area contributed by atoms with E-state index >= 15 is 0 Å². The molecule has 5 nitrogen and oxygen atoms in total. The molecule has 0 spiro atoms. The summed E-state index contributed by atoms with van der Waals surface area (Å²) in [5.41, 5.74) is 0.937. The Morgan fingerprint density at radius 1 is 1.35 bits per heavy atom. The van der Waals surface area contributed by atoms with Crippen molar-refractivity contribution >= 4 is 34.8 Å². The van der Waals surface area contributed by atoms with Gasteiger partial charge < -0.3 is 14.8 Å². The first-order chi connectivity index (χ1) is 11.1. The van der Waals surface area contributed by atoms with E-state index in [0.717, 1.165) is 6.42 Å². The van der Waals surface area contributed by atoms with Crippen LogP contribution in [0, 0.1) is 0 Å². The van der Waals surface area contributed by atoms with E-state index in [1.807, 2.05) is 0 Å². The zero-order valence-corrected chi connectivity index (χ0v) is 13.6. The number of anilines is 1. The fourth-order valence-electron chi connectivity index (χ4n) is 2.17. The third-order valence-corrected chi connectivity index (χ3v) is 3.82. The number of ether oxygens (including phenoxy) is 2. The van der Waals surface area contributed by atoms with E-state index in [1.165, 1.54) is 12.3 Å². The Labute approximate surface area is 143 Å². The van der Waals surface area contributed by atoms with Gasteiger partial charge in [0.2, 0.25) is 5.88 Å². The Morgan fingerprint density at radius 3 is 2.91 bits per heavy atom. The van der Waals surface area contributed by atoms with Crippen LogP contribution in [0.4, 0.5) is 5.69 Å². The molecule has 1 saturated heterocycles. The smallest absolute Gasteiger partial charge is 0.257 e. The van der Waals surface area contributed by atoms with Crippen LogP contribution in [0.5, 0.6) is 5.88 Å². The Kier molecular flexibility index (Phi) is 5.00. The normalized spacial score (nSPS) is 17.0. The second kappa shape index (κ2) is 7.17. The van der Waals surface area contributed by atoms with Crippen LogP contribution in [0.25, 0.3) is 0 Å². The van der Waals surface area contributed by atoms with Crippen molar-refractivity contribution in [3.8, 4) is 5.88 Å². The van der Waals surface area contributed by atoms with Gasteiger partial charge in [-0.15, -0.1) is 0 Å². The standard InChI is InChI=1S/C16H14Cl2N2O3/c17-11-2-1-3-12(7-11)20-15(21)10-6-14(18)16(19-8-10)23-13-4-5-22-9-13/h1-3,6-8,13H,4-5,9H2,(H,20,21). The molecule has 0 aliphatic carbocycles. The molecule has 1 aliphatic heterocycles. The number of nitrogens with zero attached hydrogens (tertiary/aromatic N) is 1. The van der Waals surface area contributed by atoms with Gasteiger partial charge >= 0.3 is 0 Å². The second-order valence-electron chi connectivity index (χ2n) is 5.08. The molecule has 23 heavy (non-hydrogen) atoms. The van der Waals surface area contributed by atoms with E-state index in [-0.39, 0.29) is 17.0 Å². The van der Waals surface area contributed by atoms with Crippen molar-refractivity contribution in [2.24, 2.45) is 0 Å². The summed E-state index contributed by atoms with van der Waals surface area (Å²) in [6.07, 6.45) is 2.18. The van der Waals surface area contributed by atoms with Crippen LogP contribution >= 0.6 is 23.2 Å². The molecule has 1 aromatic carbocycles. The van der Waals surface area contributed by atoms with Gasteiger partial charge in [-0.3, -0.25) is 4.79 Å². The van der Waals surface area contributed by atoms with Crippen molar-refractivity contribution in [2.75, 3.05) is 18.5 Å². The lowest BCUT2D eigenvalue weighted by atomic mass is 10.2. The quantitative estimate of drug-likeness (QED) is 0.908. The van der Waals surface area contributed by atoms with Gasteiger partial charge in [-0.05, 0) is 24.3 Å². The highest BCUT2D eigenvalue weighted by Crippen LogP contribution is 2.25. The molecule has 2 heterocycles. The number of hydrogen-bond acceptors (Lipinski definition) is 4. The molecule has 1 amide bonds. The van der Waals surface area contributed by atoms with Gasteiger partial charge in [-0.25, -0.2) is 4.98 Å². The summed E-state index contributed by atoms with van der Waals surface area (Å²) < 4.78 is 10.9. The molecule has 1 aliphatic rings. The summed E-state index contributed by atoms with van der Waals surface area (Å²) >= 11 is 12.0. The summed E-state index contributed by atoms with van der Waals surface area (Å²) in [5, 5.41) is 3.57. The summed E-state index contributed by atoms with van der Waals surface area (Å²) in [4.78, 5) is 16.3. The molecule has 1 atom stereocenters. The summed E-state index contributed by atoms with van der Waals surface area (Å²) in [6, 6.07) is 8.42. The Bertz CT molecular complexity index is 718. The summed E-state index contributed by atoms with van der Waals surface area (Å²) in [6.45, 7) is 1.19. The number of pyridine rings is 1. The van der Waals surface area contributed by atoms with Gasteiger partial charge in [-0.2, -0.15) is 0 Å². The zero-order chi connectivity index (χ0) is 16.2. The maximum atomic E-state index is 12.2. The SMILES string of the molecule is O=C(Nc1cccc(Cl)c1)c1cnc(OC2CCOC2)c(Cl)c1. The van der Waals surface area contributed by atoms with Crippen molar-refractivity contribution < 1.29 is 14.3 Å². The minimum atomic E-state index is -0.322. The maximum Gasteiger partial charge on any atom is 0.257 e. The monoisotopic (exact) mass is 352 g/mol. The second-order valence-corrected chi connectivity index (χ2v) is 5.92. The van der Waals surface area contributed by atoms with Crippen molar-refractivity contribution in [2.45, 2.75) is 12.5 Å². The molecular formula is C16H14Cl2N2O3. The minimum absolute atomic E-state index is 0.0499. The third-order valence-electron chi connectivity index (χ3n) is 3.32. The zero-order valence-electron chi connectivity index (χ0n) is 12.1. The first kappa shape index (κ1) is 16.1. The van der Waals surface area contributed by atoms with Crippen LogP contribution in [0.2, 0.25) is 10.0 Å². The van der Waals surface area contributed by atoms with Crippen LogP contribution in [0.3, 0.4) is 0 Å². The van der Waals surface area contributed by atoms with E-state index in [1.54, 1.807) is 24.3 Å². The molecule has 0 radical (unpaired) electrons. The maximum absolute atomic E-state index is 12.2. The largest absolute Gasteiger partial charge is 0.471 e. The van der Waals surface area contributed by atoms with E-state index < -0.39 is 0 Å². The molecule has 0 bridgehead atoms. The van der Waals surface area contributed by atoms with Gasteiger partial charge in [0.15, 0.2) is 0 Å². The fraction of sp³-hybridized carbons (Fsp3) is 0.250. The minimum Gasteiger partial charge on any atom is -0.471 e. The predicted octanol–water partition coefficient (Wildman–Crippen LogP) is 3.81. The lowest BCUT2D eigenvalue weighted by Crippen LogP contribution is -2.17. The van der Waals surface area contributed by atoms with Gasteiger partial charge in [0.25, 0.3) is 5.91 Å². The molecule has 1 fully saturated rings. The third kappa shape index (κ3) is 4.13. The topological polar surface area (TPSA) is 60.5 Å². The van der Waals surface area contributed by atoms with Crippen molar-refractivity contribution in [1.82, 2.24) is 4.98 Å². The van der Waals surface area contributed by atoms with Gasteiger partial charge in [0.1, 0.15) is 11.1 Å². The molecule has 1 unspecified atom stereocenters. The predicted molar refractivity (Wildman–Crippen MR) is 88.5 cm³/mol. The molecule has 120 valence electrons. The number of aromatic nitrogens is 1. The van der Waals surface area contributed by atoms with Crippen LogP contribution in [0.1, 0.15) is 16.8 Å². The number of benzene rings is 1. The lowest BCUT2D eigenvalue weighted by Gasteiger charge is -2.12. The number of rotatable bonds is 4. The highest BCUT2D eigenvalue weighted by Gasteiger charge is 2.20. The number of carbonyl (C=O) groups excluding carboxylic acids is 1. The van der Waals surface area contributed by atoms with Crippen LogP contribution in [-0.2, 0) is 4.74 Å².